The third kappa shape index (κ3) is 6.15. The number of ether oxygens (including phenoxy) is 4. The first kappa shape index (κ1) is 36.6. The Bertz CT molecular complexity index is 1470. The fourth-order valence-corrected chi connectivity index (χ4v) is 11.3. The monoisotopic (exact) mass is 683 g/mol. The van der Waals surface area contributed by atoms with Crippen molar-refractivity contribution >= 4 is 30.0 Å². The molecule has 0 bridgehead atoms. The first-order valence-electron chi connectivity index (χ1n) is 18.1. The normalized spacial score (nSPS) is 34.2. The maximum Gasteiger partial charge on any atom is 0.513 e. The van der Waals surface area contributed by atoms with E-state index in [1.807, 2.05) is 24.8 Å². The number of amides is 1. The van der Waals surface area contributed by atoms with Crippen LogP contribution >= 0.6 is 11.8 Å². The van der Waals surface area contributed by atoms with E-state index in [9.17, 15) is 14.4 Å². The van der Waals surface area contributed by atoms with Crippen molar-refractivity contribution in [2.75, 3.05) is 13.2 Å². The molecule has 48 heavy (non-hydrogen) atoms. The quantitative estimate of drug-likeness (QED) is 0.172. The average molecular weight is 684 g/mol. The molecule has 1 amide bonds. The summed E-state index contributed by atoms with van der Waals surface area (Å²) in [5, 5.41) is 0.319. The minimum Gasteiger partial charge on any atom is -0.434 e. The van der Waals surface area contributed by atoms with Gasteiger partial charge >= 0.3 is 12.3 Å². The van der Waals surface area contributed by atoms with Crippen LogP contribution in [-0.2, 0) is 19.7 Å². The topological polar surface area (TPSA) is 114 Å². The molecule has 5 rings (SSSR count). The van der Waals surface area contributed by atoms with Gasteiger partial charge in [-0.3, -0.25) is 4.79 Å². The molecule has 4 aliphatic carbocycles. The van der Waals surface area contributed by atoms with Crippen molar-refractivity contribution in [3.63, 3.8) is 0 Å². The number of allylic oxidation sites excluding steroid dienone is 1. The molecule has 0 aromatic heterocycles. The van der Waals surface area contributed by atoms with Crippen LogP contribution in [0.2, 0.25) is 0 Å². The van der Waals surface area contributed by atoms with E-state index in [0.29, 0.717) is 17.1 Å². The Morgan fingerprint density at radius 3 is 2.23 bits per heavy atom. The number of primary amides is 1. The Hall–Kier alpha value is -2.68. The number of hydrogen-bond donors (Lipinski definition) is 1. The van der Waals surface area contributed by atoms with Gasteiger partial charge in [0, 0.05) is 21.6 Å². The lowest BCUT2D eigenvalue weighted by Gasteiger charge is -2.65. The minimum atomic E-state index is -0.848. The van der Waals surface area contributed by atoms with Crippen molar-refractivity contribution in [2.24, 2.45) is 33.8 Å². The van der Waals surface area contributed by atoms with Gasteiger partial charge in [-0.2, -0.15) is 0 Å². The summed E-state index contributed by atoms with van der Waals surface area (Å²) < 4.78 is 21.9. The van der Waals surface area contributed by atoms with E-state index in [-0.39, 0.29) is 52.1 Å². The number of nitrogens with two attached hydrogens (primary N) is 1. The average Bonchev–Trinajstić information content (AvgIpc) is 3.00. The van der Waals surface area contributed by atoms with E-state index in [1.165, 1.54) is 18.4 Å². The van der Waals surface area contributed by atoms with Crippen LogP contribution in [0, 0.1) is 35.0 Å². The third-order valence-electron chi connectivity index (χ3n) is 12.9. The summed E-state index contributed by atoms with van der Waals surface area (Å²) in [5.74, 6) is 1.15. The van der Waals surface area contributed by atoms with Gasteiger partial charge in [0.1, 0.15) is 0 Å². The highest BCUT2D eigenvalue weighted by atomic mass is 32.2. The van der Waals surface area contributed by atoms with Crippen molar-refractivity contribution in [3.05, 3.63) is 34.4 Å². The number of benzene rings is 1. The van der Waals surface area contributed by atoms with Crippen LogP contribution in [0.3, 0.4) is 0 Å². The van der Waals surface area contributed by atoms with Gasteiger partial charge in [0.05, 0.1) is 13.2 Å². The van der Waals surface area contributed by atoms with E-state index in [4.69, 9.17) is 24.7 Å². The highest BCUT2D eigenvalue weighted by Gasteiger charge is 2.63. The second-order valence-electron chi connectivity index (χ2n) is 15.9. The molecule has 0 aliphatic heterocycles. The van der Waals surface area contributed by atoms with Crippen LogP contribution in [0.1, 0.15) is 135 Å². The van der Waals surface area contributed by atoms with E-state index in [1.54, 1.807) is 13.8 Å². The molecular formula is C39H57NO7S. The molecule has 7 atom stereocenters. The lowest BCUT2D eigenvalue weighted by molar-refractivity contribution is -0.138. The SMILES string of the molecule is CCOC(=O)Oc1cc2c(c(C)c1OC(=O)OCC)C(SC(C)C)C=C1[C@@]2(C)CC[C@@]2(C)[C@@H]3C[C@](C)(C(N)=O)CC[C@H]3CCCC[C@]12C. The van der Waals surface area contributed by atoms with Gasteiger partial charge < -0.3 is 24.7 Å². The number of rotatable bonds is 7. The van der Waals surface area contributed by atoms with Crippen LogP contribution < -0.4 is 15.2 Å². The van der Waals surface area contributed by atoms with Gasteiger partial charge in [-0.15, -0.1) is 11.8 Å². The lowest BCUT2D eigenvalue weighted by Crippen LogP contribution is -2.58. The fourth-order valence-electron chi connectivity index (χ4n) is 10.1. The zero-order valence-corrected chi connectivity index (χ0v) is 31.4. The molecule has 1 unspecified atom stereocenters. The Kier molecular flexibility index (Phi) is 10.3. The standard InChI is InChI=1S/C39H57NO7S/c1-10-44-34(42)46-28-20-26-31(24(5)32(28)47-35(43)45-11-2)29(48-23(3)4)21-30-37(26,7)18-19-38(8)27-22-36(6,33(40)41)17-15-25(27)14-12-13-16-39(30,38)9/h20-21,23,25,27,29H,10-19,22H2,1-9H3,(H2,40,41)/t25-,27-,29?,36-,37+,38+,39-/m1/s1. The zero-order chi connectivity index (χ0) is 35.2. The smallest absolute Gasteiger partial charge is 0.434 e. The Morgan fingerprint density at radius 2 is 1.60 bits per heavy atom. The zero-order valence-electron chi connectivity index (χ0n) is 30.6. The molecule has 1 aromatic rings. The van der Waals surface area contributed by atoms with Gasteiger partial charge in [-0.05, 0) is 104 Å². The fraction of sp³-hybridized carbons (Fsp3) is 0.718. The van der Waals surface area contributed by atoms with Crippen molar-refractivity contribution in [2.45, 2.75) is 136 Å². The Morgan fingerprint density at radius 1 is 0.938 bits per heavy atom. The largest absolute Gasteiger partial charge is 0.513 e. The summed E-state index contributed by atoms with van der Waals surface area (Å²) in [5.41, 5.74) is 9.50. The summed E-state index contributed by atoms with van der Waals surface area (Å²) in [4.78, 5) is 38.3. The second-order valence-corrected chi connectivity index (χ2v) is 17.6. The third-order valence-corrected chi connectivity index (χ3v) is 14.1. The van der Waals surface area contributed by atoms with Crippen LogP contribution in [-0.4, -0.2) is 36.7 Å². The highest BCUT2D eigenvalue weighted by Crippen LogP contribution is 2.71. The Balaban J connectivity index is 1.71. The molecule has 8 nitrogen and oxygen atoms in total. The van der Waals surface area contributed by atoms with E-state index >= 15 is 0 Å². The molecule has 3 saturated carbocycles. The molecule has 2 N–H and O–H groups in total. The summed E-state index contributed by atoms with van der Waals surface area (Å²) in [7, 11) is 0. The molecule has 3 fully saturated rings. The van der Waals surface area contributed by atoms with Crippen molar-refractivity contribution in [1.82, 2.24) is 0 Å². The molecule has 4 aliphatic rings. The van der Waals surface area contributed by atoms with Gasteiger partial charge in [-0.1, -0.05) is 72.5 Å². The number of carbonyl (C=O) groups is 3. The predicted octanol–water partition coefficient (Wildman–Crippen LogP) is 9.73. The molecule has 0 heterocycles. The van der Waals surface area contributed by atoms with Gasteiger partial charge in [0.2, 0.25) is 5.91 Å². The summed E-state index contributed by atoms with van der Waals surface area (Å²) in [6.45, 7) is 19.6. The molecule has 1 aromatic carbocycles. The maximum absolute atomic E-state index is 12.8. The van der Waals surface area contributed by atoms with Crippen LogP contribution in [0.25, 0.3) is 0 Å². The van der Waals surface area contributed by atoms with Crippen LogP contribution in [0.5, 0.6) is 11.5 Å². The van der Waals surface area contributed by atoms with E-state index in [0.717, 1.165) is 61.6 Å². The number of carbonyl (C=O) groups excluding carboxylic acids is 3. The Labute approximate surface area is 291 Å². The number of hydrogen-bond acceptors (Lipinski definition) is 8. The van der Waals surface area contributed by atoms with Crippen molar-refractivity contribution in [3.8, 4) is 11.5 Å². The number of thioether (sulfide) groups is 1. The molecule has 0 spiro atoms. The molecule has 9 heteroatoms. The van der Waals surface area contributed by atoms with Crippen molar-refractivity contribution < 1.29 is 33.3 Å². The first-order valence-corrected chi connectivity index (χ1v) is 19.0. The number of fused-ring (bicyclic) bond motifs is 7. The van der Waals surface area contributed by atoms with Crippen molar-refractivity contribution in [1.29, 1.82) is 0 Å². The molecule has 0 radical (unpaired) electrons. The highest BCUT2D eigenvalue weighted by molar-refractivity contribution is 8.00. The molecule has 266 valence electrons. The summed E-state index contributed by atoms with van der Waals surface area (Å²) in [6.07, 6.45) is 10.2. The molecule has 0 saturated heterocycles. The van der Waals surface area contributed by atoms with Gasteiger partial charge in [0.15, 0.2) is 11.5 Å². The first-order chi connectivity index (χ1) is 22.5. The van der Waals surface area contributed by atoms with Crippen LogP contribution in [0.15, 0.2) is 17.7 Å². The minimum absolute atomic E-state index is 0.00748. The van der Waals surface area contributed by atoms with Crippen LogP contribution in [0.4, 0.5) is 9.59 Å². The second kappa shape index (κ2) is 13.6. The van der Waals surface area contributed by atoms with Gasteiger partial charge in [-0.25, -0.2) is 9.59 Å². The van der Waals surface area contributed by atoms with E-state index in [2.05, 4.69) is 47.6 Å². The predicted molar refractivity (Wildman–Crippen MR) is 189 cm³/mol. The molecular weight excluding hydrogens is 626 g/mol. The maximum atomic E-state index is 12.8. The summed E-state index contributed by atoms with van der Waals surface area (Å²) >= 11 is 1.88. The van der Waals surface area contributed by atoms with E-state index < -0.39 is 17.7 Å². The lowest BCUT2D eigenvalue weighted by atomic mass is 9.39. The van der Waals surface area contributed by atoms with Gasteiger partial charge in [0.25, 0.3) is 0 Å². The summed E-state index contributed by atoms with van der Waals surface area (Å²) in [6, 6.07) is 1.93.